The number of benzene rings is 2. The van der Waals surface area contributed by atoms with E-state index in [0.29, 0.717) is 5.56 Å². The van der Waals surface area contributed by atoms with Crippen LogP contribution in [0.3, 0.4) is 0 Å². The Morgan fingerprint density at radius 1 is 0.960 bits per heavy atom. The third-order valence-electron chi connectivity index (χ3n) is 3.37. The monoisotopic (exact) mass is 340 g/mol. The van der Waals surface area contributed by atoms with Crippen LogP contribution in [0.2, 0.25) is 0 Å². The molecule has 2 N–H and O–H groups in total. The third kappa shape index (κ3) is 6.30. The molecule has 0 bridgehead atoms. The Kier molecular flexibility index (Phi) is 6.17. The molecule has 0 spiro atoms. The Bertz CT molecular complexity index is 694. The van der Waals surface area contributed by atoms with Crippen LogP contribution in [-0.2, 0) is 16.1 Å². The zero-order valence-corrected chi connectivity index (χ0v) is 14.8. The summed E-state index contributed by atoms with van der Waals surface area (Å²) in [4.78, 5) is 24.7. The molecule has 5 nitrogen and oxygen atoms in total. The number of ether oxygens (including phenoxy) is 1. The second-order valence-electron chi connectivity index (χ2n) is 6.79. The van der Waals surface area contributed by atoms with E-state index in [0.717, 1.165) is 5.56 Å². The van der Waals surface area contributed by atoms with Crippen LogP contribution >= 0.6 is 0 Å². The van der Waals surface area contributed by atoms with Crippen LogP contribution in [-0.4, -0.2) is 17.5 Å². The van der Waals surface area contributed by atoms with Crippen LogP contribution in [0.5, 0.6) is 0 Å². The molecule has 0 heterocycles. The van der Waals surface area contributed by atoms with E-state index in [4.69, 9.17) is 4.74 Å². The molecule has 1 atom stereocenters. The zero-order chi connectivity index (χ0) is 18.3. The summed E-state index contributed by atoms with van der Waals surface area (Å²) in [5.41, 5.74) is 1.17. The minimum Gasteiger partial charge on any atom is -0.445 e. The van der Waals surface area contributed by atoms with Crippen molar-refractivity contribution in [3.05, 3.63) is 71.8 Å². The maximum absolute atomic E-state index is 12.6. The van der Waals surface area contributed by atoms with Gasteiger partial charge in [-0.2, -0.15) is 0 Å². The van der Waals surface area contributed by atoms with Crippen molar-refractivity contribution in [1.29, 1.82) is 0 Å². The van der Waals surface area contributed by atoms with Gasteiger partial charge in [0.15, 0.2) is 0 Å². The van der Waals surface area contributed by atoms with Crippen molar-refractivity contribution in [3.63, 3.8) is 0 Å². The molecule has 0 aromatic heterocycles. The fraction of sp³-hybridized carbons (Fsp3) is 0.300. The van der Waals surface area contributed by atoms with Gasteiger partial charge in [0.05, 0.1) is 0 Å². The highest BCUT2D eigenvalue weighted by atomic mass is 16.5. The average molecular weight is 340 g/mol. The number of carbonyl (C=O) groups excluding carboxylic acids is 2. The van der Waals surface area contributed by atoms with Crippen LogP contribution in [0, 0.1) is 0 Å². The fourth-order valence-corrected chi connectivity index (χ4v) is 2.27. The van der Waals surface area contributed by atoms with E-state index in [1.165, 1.54) is 0 Å². The smallest absolute Gasteiger partial charge is 0.408 e. The van der Waals surface area contributed by atoms with Gasteiger partial charge < -0.3 is 15.4 Å². The van der Waals surface area contributed by atoms with Crippen LogP contribution in [0.15, 0.2) is 60.7 Å². The van der Waals surface area contributed by atoms with Gasteiger partial charge in [-0.3, -0.25) is 4.79 Å². The van der Waals surface area contributed by atoms with Gasteiger partial charge in [-0.1, -0.05) is 60.7 Å². The topological polar surface area (TPSA) is 67.4 Å². The van der Waals surface area contributed by atoms with Gasteiger partial charge in [-0.05, 0) is 31.9 Å². The van der Waals surface area contributed by atoms with Crippen molar-refractivity contribution in [2.24, 2.45) is 0 Å². The molecular weight excluding hydrogens is 316 g/mol. The second-order valence-corrected chi connectivity index (χ2v) is 6.79. The maximum Gasteiger partial charge on any atom is 0.408 e. The van der Waals surface area contributed by atoms with Crippen LogP contribution in [0.1, 0.15) is 37.9 Å². The highest BCUT2D eigenvalue weighted by Gasteiger charge is 2.26. The minimum absolute atomic E-state index is 0.148. The number of carbonyl (C=O) groups is 2. The fourth-order valence-electron chi connectivity index (χ4n) is 2.27. The summed E-state index contributed by atoms with van der Waals surface area (Å²) < 4.78 is 5.23. The van der Waals surface area contributed by atoms with Crippen molar-refractivity contribution < 1.29 is 14.3 Å². The van der Waals surface area contributed by atoms with Crippen molar-refractivity contribution in [2.75, 3.05) is 0 Å². The van der Waals surface area contributed by atoms with Gasteiger partial charge in [0, 0.05) is 5.54 Å². The van der Waals surface area contributed by atoms with E-state index >= 15 is 0 Å². The number of nitrogens with one attached hydrogen (secondary N) is 2. The van der Waals surface area contributed by atoms with Gasteiger partial charge in [0.1, 0.15) is 12.6 Å². The molecule has 5 heteroatoms. The largest absolute Gasteiger partial charge is 0.445 e. The molecular formula is C20H24N2O3. The SMILES string of the molecule is CC(C)(C)NC(=O)[C@@H](NC(=O)OCc1ccccc1)c1ccccc1. The highest BCUT2D eigenvalue weighted by molar-refractivity contribution is 5.87. The van der Waals surface area contributed by atoms with Crippen molar-refractivity contribution >= 4 is 12.0 Å². The Hall–Kier alpha value is -2.82. The van der Waals surface area contributed by atoms with Gasteiger partial charge in [0.25, 0.3) is 0 Å². The van der Waals surface area contributed by atoms with E-state index in [1.54, 1.807) is 12.1 Å². The van der Waals surface area contributed by atoms with E-state index in [1.807, 2.05) is 69.3 Å². The molecule has 0 radical (unpaired) electrons. The number of alkyl carbamates (subject to hydrolysis) is 1. The van der Waals surface area contributed by atoms with Crippen molar-refractivity contribution in [1.82, 2.24) is 10.6 Å². The van der Waals surface area contributed by atoms with Gasteiger partial charge >= 0.3 is 6.09 Å². The Labute approximate surface area is 148 Å². The number of hydrogen-bond acceptors (Lipinski definition) is 3. The molecule has 0 aliphatic carbocycles. The first-order valence-corrected chi connectivity index (χ1v) is 8.19. The summed E-state index contributed by atoms with van der Waals surface area (Å²) in [6, 6.07) is 17.7. The molecule has 25 heavy (non-hydrogen) atoms. The van der Waals surface area contributed by atoms with E-state index in [2.05, 4.69) is 10.6 Å². The van der Waals surface area contributed by atoms with Gasteiger partial charge in [-0.15, -0.1) is 0 Å². The first-order valence-electron chi connectivity index (χ1n) is 8.19. The first kappa shape index (κ1) is 18.5. The Morgan fingerprint density at radius 3 is 2.08 bits per heavy atom. The molecule has 2 aromatic rings. The summed E-state index contributed by atoms with van der Waals surface area (Å²) in [7, 11) is 0. The predicted octanol–water partition coefficient (Wildman–Crippen LogP) is 3.57. The Balaban J connectivity index is 2.05. The zero-order valence-electron chi connectivity index (χ0n) is 14.8. The van der Waals surface area contributed by atoms with Gasteiger partial charge in [-0.25, -0.2) is 4.79 Å². The molecule has 132 valence electrons. The maximum atomic E-state index is 12.6. The molecule has 0 aliphatic rings. The lowest BCUT2D eigenvalue weighted by molar-refractivity contribution is -0.124. The number of rotatable bonds is 5. The van der Waals surface area contributed by atoms with Gasteiger partial charge in [0.2, 0.25) is 5.91 Å². The molecule has 2 amide bonds. The lowest BCUT2D eigenvalue weighted by Gasteiger charge is -2.25. The molecule has 0 fully saturated rings. The standard InChI is InChI=1S/C20H24N2O3/c1-20(2,3)22-18(23)17(16-12-8-5-9-13-16)21-19(24)25-14-15-10-6-4-7-11-15/h4-13,17H,14H2,1-3H3,(H,21,24)(H,22,23)/t17-/m0/s1. The normalized spacial score (nSPS) is 12.1. The molecule has 0 saturated carbocycles. The van der Waals surface area contributed by atoms with E-state index in [-0.39, 0.29) is 12.5 Å². The lowest BCUT2D eigenvalue weighted by atomic mass is 10.0. The summed E-state index contributed by atoms with van der Waals surface area (Å²) in [6.07, 6.45) is -0.637. The summed E-state index contributed by atoms with van der Waals surface area (Å²) in [5, 5.41) is 5.54. The average Bonchev–Trinajstić information content (AvgIpc) is 2.58. The molecule has 0 unspecified atom stereocenters. The molecule has 0 saturated heterocycles. The summed E-state index contributed by atoms with van der Waals surface area (Å²) in [6.45, 7) is 5.82. The quantitative estimate of drug-likeness (QED) is 0.874. The van der Waals surface area contributed by atoms with Crippen molar-refractivity contribution in [2.45, 2.75) is 39.0 Å². The summed E-state index contributed by atoms with van der Waals surface area (Å²) >= 11 is 0. The van der Waals surface area contributed by atoms with E-state index in [9.17, 15) is 9.59 Å². The highest BCUT2D eigenvalue weighted by Crippen LogP contribution is 2.15. The van der Waals surface area contributed by atoms with E-state index < -0.39 is 17.7 Å². The molecule has 2 rings (SSSR count). The predicted molar refractivity (Wildman–Crippen MR) is 96.8 cm³/mol. The molecule has 0 aliphatic heterocycles. The third-order valence-corrected chi connectivity index (χ3v) is 3.37. The lowest BCUT2D eigenvalue weighted by Crippen LogP contribution is -2.47. The second kappa shape index (κ2) is 8.33. The molecule has 2 aromatic carbocycles. The van der Waals surface area contributed by atoms with Crippen LogP contribution in [0.4, 0.5) is 4.79 Å². The number of amides is 2. The van der Waals surface area contributed by atoms with Crippen molar-refractivity contribution in [3.8, 4) is 0 Å². The Morgan fingerprint density at radius 2 is 1.52 bits per heavy atom. The summed E-state index contributed by atoms with van der Waals surface area (Å²) in [5.74, 6) is -0.282. The van der Waals surface area contributed by atoms with Crippen LogP contribution < -0.4 is 10.6 Å². The number of hydrogen-bond donors (Lipinski definition) is 2. The minimum atomic E-state index is -0.816. The first-order chi connectivity index (χ1) is 11.8. The van der Waals surface area contributed by atoms with Crippen LogP contribution in [0.25, 0.3) is 0 Å².